The highest BCUT2D eigenvalue weighted by Gasteiger charge is 2.43. The summed E-state index contributed by atoms with van der Waals surface area (Å²) >= 11 is 0. The van der Waals surface area contributed by atoms with Crippen molar-refractivity contribution in [2.24, 2.45) is 5.92 Å². The molecule has 0 aromatic heterocycles. The minimum Gasteiger partial charge on any atom is -0.466 e. The fourth-order valence-electron chi connectivity index (χ4n) is 2.14. The van der Waals surface area contributed by atoms with E-state index in [-0.39, 0.29) is 23.0 Å². The van der Waals surface area contributed by atoms with Gasteiger partial charge in [0.2, 0.25) is 0 Å². The van der Waals surface area contributed by atoms with Crippen LogP contribution in [-0.4, -0.2) is 27.0 Å². The highest BCUT2D eigenvalue weighted by molar-refractivity contribution is 6.74. The van der Waals surface area contributed by atoms with Crippen molar-refractivity contribution in [2.75, 3.05) is 6.61 Å². The number of ether oxygens (including phenoxy) is 1. The molecule has 0 saturated heterocycles. The largest absolute Gasteiger partial charge is 0.466 e. The normalized spacial score (nSPS) is 25.2. The maximum Gasteiger partial charge on any atom is 0.311 e. The molecule has 0 aromatic rings. The van der Waals surface area contributed by atoms with Gasteiger partial charge in [-0.1, -0.05) is 20.8 Å². The van der Waals surface area contributed by atoms with Crippen LogP contribution in [0.2, 0.25) is 18.1 Å². The standard InChI is InChI=1S/C14H28O3Si/c1-7-16-13(15)11-9-8-10-12(11)17-18(5,6)14(2,3)4/h11-12H,7-10H2,1-6H3/t11-,12?/m0/s1. The smallest absolute Gasteiger partial charge is 0.311 e. The van der Waals surface area contributed by atoms with Gasteiger partial charge in [-0.2, -0.15) is 0 Å². The van der Waals surface area contributed by atoms with Crippen LogP contribution in [0, 0.1) is 5.92 Å². The molecule has 1 unspecified atom stereocenters. The average molecular weight is 272 g/mol. The van der Waals surface area contributed by atoms with Gasteiger partial charge in [-0.25, -0.2) is 0 Å². The Morgan fingerprint density at radius 3 is 2.39 bits per heavy atom. The number of hydrogen-bond acceptors (Lipinski definition) is 3. The first-order valence-corrected chi connectivity index (χ1v) is 9.94. The summed E-state index contributed by atoms with van der Waals surface area (Å²) in [4.78, 5) is 11.9. The Morgan fingerprint density at radius 1 is 1.28 bits per heavy atom. The van der Waals surface area contributed by atoms with Crippen LogP contribution < -0.4 is 0 Å². The van der Waals surface area contributed by atoms with Crippen molar-refractivity contribution in [3.05, 3.63) is 0 Å². The van der Waals surface area contributed by atoms with Crippen molar-refractivity contribution >= 4 is 14.3 Å². The second-order valence-corrected chi connectivity index (χ2v) is 11.5. The lowest BCUT2D eigenvalue weighted by Crippen LogP contribution is -2.45. The topological polar surface area (TPSA) is 35.5 Å². The van der Waals surface area contributed by atoms with E-state index in [1.165, 1.54) is 0 Å². The monoisotopic (exact) mass is 272 g/mol. The molecule has 0 spiro atoms. The second-order valence-electron chi connectivity index (χ2n) is 6.71. The van der Waals surface area contributed by atoms with Gasteiger partial charge in [0.05, 0.1) is 18.6 Å². The lowest BCUT2D eigenvalue weighted by molar-refractivity contribution is -0.150. The maximum atomic E-state index is 11.9. The summed E-state index contributed by atoms with van der Waals surface area (Å²) < 4.78 is 11.5. The molecule has 1 aliphatic rings. The molecule has 1 aliphatic carbocycles. The predicted molar refractivity (Wildman–Crippen MR) is 76.0 cm³/mol. The zero-order valence-corrected chi connectivity index (χ0v) is 13.7. The molecule has 1 fully saturated rings. The van der Waals surface area contributed by atoms with E-state index in [4.69, 9.17) is 9.16 Å². The van der Waals surface area contributed by atoms with Crippen LogP contribution in [0.25, 0.3) is 0 Å². The molecule has 4 heteroatoms. The van der Waals surface area contributed by atoms with Gasteiger partial charge in [0, 0.05) is 0 Å². The van der Waals surface area contributed by atoms with Crippen molar-refractivity contribution in [2.45, 2.75) is 71.2 Å². The summed E-state index contributed by atoms with van der Waals surface area (Å²) in [7, 11) is -1.79. The number of hydrogen-bond donors (Lipinski definition) is 0. The first-order valence-electron chi connectivity index (χ1n) is 7.03. The van der Waals surface area contributed by atoms with Gasteiger partial charge in [-0.05, 0) is 44.3 Å². The van der Waals surface area contributed by atoms with E-state index in [2.05, 4.69) is 33.9 Å². The molecular formula is C14H28O3Si. The van der Waals surface area contributed by atoms with Crippen LogP contribution in [0.1, 0.15) is 47.0 Å². The van der Waals surface area contributed by atoms with E-state index in [1.807, 2.05) is 6.92 Å². The average Bonchev–Trinajstić information content (AvgIpc) is 2.63. The van der Waals surface area contributed by atoms with Crippen LogP contribution in [0.3, 0.4) is 0 Å². The number of carbonyl (C=O) groups excluding carboxylic acids is 1. The SMILES string of the molecule is CCOC(=O)[C@H]1CCCC1O[Si](C)(C)C(C)(C)C. The number of esters is 1. The van der Waals surface area contributed by atoms with Crippen molar-refractivity contribution in [1.82, 2.24) is 0 Å². The van der Waals surface area contributed by atoms with Crippen LogP contribution in [-0.2, 0) is 14.0 Å². The Labute approximate surface area is 112 Å². The fourth-order valence-corrected chi connectivity index (χ4v) is 3.53. The predicted octanol–water partition coefficient (Wildman–Crippen LogP) is 3.74. The zero-order chi connectivity index (χ0) is 14.0. The minimum absolute atomic E-state index is 0.0425. The third-order valence-corrected chi connectivity index (χ3v) is 8.80. The molecule has 0 aliphatic heterocycles. The molecule has 1 saturated carbocycles. The van der Waals surface area contributed by atoms with E-state index in [0.717, 1.165) is 19.3 Å². The molecule has 2 atom stereocenters. The van der Waals surface area contributed by atoms with E-state index in [1.54, 1.807) is 0 Å². The van der Waals surface area contributed by atoms with Crippen LogP contribution >= 0.6 is 0 Å². The lowest BCUT2D eigenvalue weighted by atomic mass is 10.1. The van der Waals surface area contributed by atoms with Crippen molar-refractivity contribution < 1.29 is 14.0 Å². The first-order chi connectivity index (χ1) is 8.19. The molecule has 3 nitrogen and oxygen atoms in total. The van der Waals surface area contributed by atoms with Crippen molar-refractivity contribution in [3.63, 3.8) is 0 Å². The fraction of sp³-hybridized carbons (Fsp3) is 0.929. The molecule has 106 valence electrons. The zero-order valence-electron chi connectivity index (χ0n) is 12.7. The van der Waals surface area contributed by atoms with E-state index < -0.39 is 8.32 Å². The van der Waals surface area contributed by atoms with E-state index in [0.29, 0.717) is 6.61 Å². The van der Waals surface area contributed by atoms with Gasteiger partial charge >= 0.3 is 5.97 Å². The van der Waals surface area contributed by atoms with Crippen molar-refractivity contribution in [3.8, 4) is 0 Å². The Bertz CT molecular complexity index is 294. The molecule has 18 heavy (non-hydrogen) atoms. The molecule has 1 rings (SSSR count). The molecule has 0 bridgehead atoms. The summed E-state index contributed by atoms with van der Waals surface area (Å²) in [6.45, 7) is 13.5. The molecule has 0 heterocycles. The second kappa shape index (κ2) is 5.74. The third-order valence-electron chi connectivity index (χ3n) is 4.29. The van der Waals surface area contributed by atoms with Crippen LogP contribution in [0.5, 0.6) is 0 Å². The summed E-state index contributed by atoms with van der Waals surface area (Å²) in [5.74, 6) is -0.113. The lowest BCUT2D eigenvalue weighted by Gasteiger charge is -2.39. The minimum atomic E-state index is -1.79. The molecular weight excluding hydrogens is 244 g/mol. The first kappa shape index (κ1) is 15.7. The van der Waals surface area contributed by atoms with Gasteiger partial charge in [0.1, 0.15) is 0 Å². The Hall–Kier alpha value is -0.353. The summed E-state index contributed by atoms with van der Waals surface area (Å²) in [5.41, 5.74) is 0. The Kier molecular flexibility index (Phi) is 5.01. The molecule has 0 amide bonds. The highest BCUT2D eigenvalue weighted by atomic mass is 28.4. The van der Waals surface area contributed by atoms with E-state index >= 15 is 0 Å². The number of carbonyl (C=O) groups is 1. The van der Waals surface area contributed by atoms with Gasteiger partial charge in [0.25, 0.3) is 0 Å². The van der Waals surface area contributed by atoms with E-state index in [9.17, 15) is 4.79 Å². The quantitative estimate of drug-likeness (QED) is 0.577. The summed E-state index contributed by atoms with van der Waals surface area (Å²) in [6, 6.07) is 0. The van der Waals surface area contributed by atoms with Gasteiger partial charge in [-0.15, -0.1) is 0 Å². The highest BCUT2D eigenvalue weighted by Crippen LogP contribution is 2.41. The van der Waals surface area contributed by atoms with Gasteiger partial charge in [0.15, 0.2) is 8.32 Å². The van der Waals surface area contributed by atoms with Crippen molar-refractivity contribution in [1.29, 1.82) is 0 Å². The summed E-state index contributed by atoms with van der Waals surface area (Å²) in [6.07, 6.45) is 3.06. The van der Waals surface area contributed by atoms with Gasteiger partial charge in [-0.3, -0.25) is 4.79 Å². The van der Waals surface area contributed by atoms with Crippen LogP contribution in [0.15, 0.2) is 0 Å². The molecule has 0 aromatic carbocycles. The summed E-state index contributed by atoms with van der Waals surface area (Å²) in [5, 5.41) is 0.189. The maximum absolute atomic E-state index is 11.9. The Morgan fingerprint density at radius 2 is 1.89 bits per heavy atom. The Balaban J connectivity index is 2.69. The molecule has 0 N–H and O–H groups in total. The van der Waals surface area contributed by atoms with Crippen LogP contribution in [0.4, 0.5) is 0 Å². The van der Waals surface area contributed by atoms with Gasteiger partial charge < -0.3 is 9.16 Å². The number of rotatable bonds is 4. The third kappa shape index (κ3) is 3.57. The molecule has 0 radical (unpaired) electrons.